The maximum atomic E-state index is 10.5. The van der Waals surface area contributed by atoms with Crippen molar-refractivity contribution in [1.29, 1.82) is 0 Å². The Morgan fingerprint density at radius 2 is 2.17 bits per heavy atom. The predicted molar refractivity (Wildman–Crippen MR) is 99.5 cm³/mol. The molecule has 1 aromatic carbocycles. The molecule has 23 heavy (non-hydrogen) atoms. The summed E-state index contributed by atoms with van der Waals surface area (Å²) in [6.45, 7) is 2.30. The Kier molecular flexibility index (Phi) is 5.93. The fourth-order valence-corrected chi connectivity index (χ4v) is 3.41. The van der Waals surface area contributed by atoms with E-state index in [4.69, 9.17) is 17.3 Å². The van der Waals surface area contributed by atoms with E-state index in [1.165, 1.54) is 5.57 Å². The number of aryl methyl sites for hydroxylation is 1. The molecule has 1 aliphatic rings. The lowest BCUT2D eigenvalue weighted by Gasteiger charge is -2.28. The van der Waals surface area contributed by atoms with Gasteiger partial charge in [0.25, 0.3) is 0 Å². The molecule has 3 nitrogen and oxygen atoms in total. The maximum Gasteiger partial charge on any atom is 0.0907 e. The van der Waals surface area contributed by atoms with Crippen molar-refractivity contribution in [2.45, 2.75) is 31.9 Å². The minimum atomic E-state index is -0.608. The van der Waals surface area contributed by atoms with Gasteiger partial charge in [0.05, 0.1) is 12.1 Å². The van der Waals surface area contributed by atoms with Gasteiger partial charge in [-0.1, -0.05) is 29.8 Å². The number of rotatable bonds is 4. The molecule has 1 aromatic heterocycles. The van der Waals surface area contributed by atoms with Gasteiger partial charge < -0.3 is 15.4 Å². The lowest BCUT2D eigenvalue weighted by molar-refractivity contribution is 0.136. The van der Waals surface area contributed by atoms with Crippen molar-refractivity contribution in [3.8, 4) is 0 Å². The normalized spacial score (nSPS) is 16.8. The number of aromatic nitrogens is 1. The number of halogens is 2. The largest absolute Gasteiger partial charge is 0.389 e. The van der Waals surface area contributed by atoms with Crippen LogP contribution < -0.4 is 5.73 Å². The Morgan fingerprint density at radius 1 is 1.39 bits per heavy atom. The first kappa shape index (κ1) is 18.1. The second-order valence-electron chi connectivity index (χ2n) is 5.84. The number of hydrogen-bond acceptors (Lipinski definition) is 2. The van der Waals surface area contributed by atoms with Gasteiger partial charge in [0.15, 0.2) is 0 Å². The van der Waals surface area contributed by atoms with Crippen LogP contribution in [0.25, 0.3) is 10.9 Å². The molecule has 1 aliphatic carbocycles. The number of benzene rings is 1. The minimum Gasteiger partial charge on any atom is -0.389 e. The maximum absolute atomic E-state index is 10.5. The van der Waals surface area contributed by atoms with E-state index in [0.717, 1.165) is 34.3 Å². The first-order valence-electron chi connectivity index (χ1n) is 7.62. The van der Waals surface area contributed by atoms with Crippen molar-refractivity contribution in [3.63, 3.8) is 0 Å². The zero-order chi connectivity index (χ0) is 15.7. The van der Waals surface area contributed by atoms with Crippen LogP contribution in [0.1, 0.15) is 24.4 Å². The fourth-order valence-electron chi connectivity index (χ4n) is 3.23. The van der Waals surface area contributed by atoms with Gasteiger partial charge in [-0.15, -0.1) is 12.4 Å². The monoisotopic (exact) mass is 352 g/mol. The van der Waals surface area contributed by atoms with Gasteiger partial charge in [-0.2, -0.15) is 0 Å². The second kappa shape index (κ2) is 7.54. The molecule has 5 heteroatoms. The van der Waals surface area contributed by atoms with Gasteiger partial charge in [0.2, 0.25) is 0 Å². The first-order chi connectivity index (χ1) is 10.6. The highest BCUT2D eigenvalue weighted by Gasteiger charge is 2.26. The lowest BCUT2D eigenvalue weighted by atomic mass is 9.93. The number of allylic oxidation sites excluding steroid dienone is 3. The van der Waals surface area contributed by atoms with Crippen LogP contribution in [0.15, 0.2) is 48.2 Å². The third kappa shape index (κ3) is 3.48. The van der Waals surface area contributed by atoms with Crippen LogP contribution in [0.4, 0.5) is 0 Å². The molecule has 0 fully saturated rings. The molecule has 0 spiro atoms. The Labute approximate surface area is 147 Å². The Bertz CT molecular complexity index is 749. The zero-order valence-electron chi connectivity index (χ0n) is 13.1. The van der Waals surface area contributed by atoms with E-state index in [1.807, 2.05) is 18.2 Å². The average Bonchev–Trinajstić information content (AvgIpc) is 2.85. The van der Waals surface area contributed by atoms with E-state index in [0.29, 0.717) is 0 Å². The van der Waals surface area contributed by atoms with Crippen LogP contribution in [-0.2, 0) is 0 Å². The van der Waals surface area contributed by atoms with E-state index in [-0.39, 0.29) is 25.0 Å². The van der Waals surface area contributed by atoms with Crippen molar-refractivity contribution in [1.82, 2.24) is 4.57 Å². The molecule has 0 saturated heterocycles. The molecule has 1 heterocycles. The summed E-state index contributed by atoms with van der Waals surface area (Å²) in [5, 5.41) is 12.4. The quantitative estimate of drug-likeness (QED) is 0.867. The van der Waals surface area contributed by atoms with Crippen molar-refractivity contribution in [2.24, 2.45) is 5.73 Å². The summed E-state index contributed by atoms with van der Waals surface area (Å²) in [5.74, 6) is 0. The van der Waals surface area contributed by atoms with E-state index >= 15 is 0 Å². The molecule has 2 atom stereocenters. The average molecular weight is 353 g/mol. The predicted octanol–water partition coefficient (Wildman–Crippen LogP) is 4.16. The Hall–Kier alpha value is -1.26. The van der Waals surface area contributed by atoms with Crippen molar-refractivity contribution in [2.75, 3.05) is 6.54 Å². The van der Waals surface area contributed by atoms with Crippen LogP contribution in [-0.4, -0.2) is 22.3 Å². The molecule has 3 rings (SSSR count). The second-order valence-corrected chi connectivity index (χ2v) is 6.27. The van der Waals surface area contributed by atoms with Gasteiger partial charge in [0.1, 0.15) is 0 Å². The molecular formula is C18H22Cl2N2O. The molecule has 3 N–H and O–H groups in total. The zero-order valence-corrected chi connectivity index (χ0v) is 14.6. The van der Waals surface area contributed by atoms with Crippen molar-refractivity contribution < 1.29 is 5.11 Å². The summed E-state index contributed by atoms with van der Waals surface area (Å²) in [5.41, 5.74) is 9.21. The third-order valence-corrected chi connectivity index (χ3v) is 4.56. The number of nitrogens with zero attached hydrogens (tertiary/aromatic N) is 1. The summed E-state index contributed by atoms with van der Waals surface area (Å²) in [4.78, 5) is 0. The van der Waals surface area contributed by atoms with Gasteiger partial charge in [0, 0.05) is 28.7 Å². The summed E-state index contributed by atoms with van der Waals surface area (Å²) in [6.07, 6.45) is 9.74. The smallest absolute Gasteiger partial charge is 0.0907 e. The van der Waals surface area contributed by atoms with Crippen LogP contribution in [0, 0.1) is 6.92 Å². The third-order valence-electron chi connectivity index (χ3n) is 4.33. The van der Waals surface area contributed by atoms with E-state index in [1.54, 1.807) is 0 Å². The number of nitrogens with two attached hydrogens (primary N) is 1. The number of hydrogen-bond donors (Lipinski definition) is 2. The van der Waals surface area contributed by atoms with Crippen LogP contribution in [0.3, 0.4) is 0 Å². The minimum absolute atomic E-state index is 0. The molecule has 124 valence electrons. The highest BCUT2D eigenvalue weighted by atomic mass is 35.5. The number of aliphatic hydroxyl groups excluding tert-OH is 1. The summed E-state index contributed by atoms with van der Waals surface area (Å²) < 4.78 is 2.14. The summed E-state index contributed by atoms with van der Waals surface area (Å²) in [6, 6.07) is 5.75. The highest BCUT2D eigenvalue weighted by molar-refractivity contribution is 6.31. The molecule has 0 aliphatic heterocycles. The summed E-state index contributed by atoms with van der Waals surface area (Å²) >= 11 is 6.12. The SMILES string of the molecule is Cc1cn([C@@H](C2=CC=CCC2)C(O)CN)c2ccc(Cl)cc12.Cl. The molecule has 0 amide bonds. The molecule has 1 unspecified atom stereocenters. The van der Waals surface area contributed by atoms with Crippen molar-refractivity contribution >= 4 is 34.9 Å². The van der Waals surface area contributed by atoms with Crippen molar-refractivity contribution in [3.05, 3.63) is 58.8 Å². The molecule has 0 bridgehead atoms. The van der Waals surface area contributed by atoms with E-state index in [2.05, 4.69) is 35.9 Å². The molecular weight excluding hydrogens is 331 g/mol. The molecule has 0 saturated carbocycles. The van der Waals surface area contributed by atoms with Crippen LogP contribution >= 0.6 is 24.0 Å². The van der Waals surface area contributed by atoms with Crippen LogP contribution in [0.2, 0.25) is 5.02 Å². The molecule has 2 aromatic rings. The van der Waals surface area contributed by atoms with Gasteiger partial charge in [-0.25, -0.2) is 0 Å². The van der Waals surface area contributed by atoms with Gasteiger partial charge in [-0.3, -0.25) is 0 Å². The summed E-state index contributed by atoms with van der Waals surface area (Å²) in [7, 11) is 0. The highest BCUT2D eigenvalue weighted by Crippen LogP contribution is 2.34. The van der Waals surface area contributed by atoms with Gasteiger partial charge in [-0.05, 0) is 49.1 Å². The van der Waals surface area contributed by atoms with E-state index in [9.17, 15) is 5.11 Å². The first-order valence-corrected chi connectivity index (χ1v) is 8.00. The topological polar surface area (TPSA) is 51.2 Å². The fraction of sp³-hybridized carbons (Fsp3) is 0.333. The number of fused-ring (bicyclic) bond motifs is 1. The Balaban J connectivity index is 0.00000192. The van der Waals surface area contributed by atoms with Crippen LogP contribution in [0.5, 0.6) is 0 Å². The lowest BCUT2D eigenvalue weighted by Crippen LogP contribution is -2.32. The number of aliphatic hydroxyl groups is 1. The molecule has 0 radical (unpaired) electrons. The Morgan fingerprint density at radius 3 is 2.83 bits per heavy atom. The van der Waals surface area contributed by atoms with E-state index < -0.39 is 6.10 Å². The van der Waals surface area contributed by atoms with Gasteiger partial charge >= 0.3 is 0 Å². The standard InChI is InChI=1S/C18H21ClN2O.ClH/c1-12-11-21(16-8-7-14(19)9-15(12)16)18(17(22)10-20)13-5-3-2-4-6-13;/h2-3,5,7-9,11,17-18,22H,4,6,10,20H2,1H3;1H/t17?,18-;/m0./s1.